The molecule has 0 saturated heterocycles. The van der Waals surface area contributed by atoms with E-state index >= 15 is 0 Å². The number of aromatic hydroxyl groups is 1. The van der Waals surface area contributed by atoms with Gasteiger partial charge in [-0.1, -0.05) is 18.2 Å². The van der Waals surface area contributed by atoms with E-state index in [0.717, 1.165) is 17.7 Å². The van der Waals surface area contributed by atoms with E-state index in [1.54, 1.807) is 11.3 Å². The van der Waals surface area contributed by atoms with Crippen LogP contribution in [0.5, 0.6) is 5.75 Å². The summed E-state index contributed by atoms with van der Waals surface area (Å²) < 4.78 is 0. The van der Waals surface area contributed by atoms with Gasteiger partial charge >= 0.3 is 0 Å². The molecule has 0 aliphatic rings. The maximum absolute atomic E-state index is 10.1. The van der Waals surface area contributed by atoms with Crippen molar-refractivity contribution in [2.24, 2.45) is 0 Å². The second-order valence-corrected chi connectivity index (χ2v) is 6.67. The number of aryl methyl sites for hydroxylation is 1. The van der Waals surface area contributed by atoms with Crippen LogP contribution < -0.4 is 5.32 Å². The molecule has 4 heteroatoms. The number of phenols is 1. The summed E-state index contributed by atoms with van der Waals surface area (Å²) in [6, 6.07) is 10.6. The molecule has 0 spiro atoms. The van der Waals surface area contributed by atoms with Crippen LogP contribution in [0.2, 0.25) is 0 Å². The normalized spacial score (nSPS) is 14.3. The predicted molar refractivity (Wildman–Crippen MR) is 90.0 cm³/mol. The molecule has 0 amide bonds. The molecule has 2 rings (SSSR count). The number of nitrogens with zero attached hydrogens (tertiary/aromatic N) is 1. The molecule has 114 valence electrons. The summed E-state index contributed by atoms with van der Waals surface area (Å²) in [7, 11) is 4.19. The van der Waals surface area contributed by atoms with E-state index in [1.807, 2.05) is 25.1 Å². The molecule has 2 aromatic rings. The summed E-state index contributed by atoms with van der Waals surface area (Å²) in [6.45, 7) is 4.92. The van der Waals surface area contributed by atoms with Crippen molar-refractivity contribution in [1.82, 2.24) is 10.2 Å². The van der Waals surface area contributed by atoms with Gasteiger partial charge in [-0.15, -0.1) is 11.3 Å². The topological polar surface area (TPSA) is 35.5 Å². The van der Waals surface area contributed by atoms with E-state index in [0.29, 0.717) is 11.8 Å². The highest BCUT2D eigenvalue weighted by molar-refractivity contribution is 7.10. The molecule has 0 saturated carbocycles. The Morgan fingerprint density at radius 2 is 2.05 bits per heavy atom. The summed E-state index contributed by atoms with van der Waals surface area (Å²) in [4.78, 5) is 3.58. The van der Waals surface area contributed by atoms with Crippen molar-refractivity contribution in [1.29, 1.82) is 0 Å². The van der Waals surface area contributed by atoms with E-state index in [1.165, 1.54) is 4.88 Å². The first kappa shape index (κ1) is 16.0. The highest BCUT2D eigenvalue weighted by Crippen LogP contribution is 2.27. The second kappa shape index (κ2) is 7.07. The average molecular weight is 304 g/mol. The maximum Gasteiger partial charge on any atom is 0.120 e. The minimum atomic E-state index is 0.119. The van der Waals surface area contributed by atoms with Gasteiger partial charge in [0.15, 0.2) is 0 Å². The summed E-state index contributed by atoms with van der Waals surface area (Å²) in [5.74, 6) is 0.368. The van der Waals surface area contributed by atoms with Crippen LogP contribution in [0, 0.1) is 6.92 Å². The Bertz CT molecular complexity index is 566. The van der Waals surface area contributed by atoms with Crippen molar-refractivity contribution in [2.75, 3.05) is 20.6 Å². The highest BCUT2D eigenvalue weighted by atomic mass is 32.1. The fourth-order valence-electron chi connectivity index (χ4n) is 2.44. The Morgan fingerprint density at radius 3 is 2.62 bits per heavy atom. The van der Waals surface area contributed by atoms with E-state index < -0.39 is 0 Å². The van der Waals surface area contributed by atoms with E-state index in [2.05, 4.69) is 48.7 Å². The minimum Gasteiger partial charge on any atom is -0.508 e. The van der Waals surface area contributed by atoms with Crippen LogP contribution in [0.1, 0.15) is 35.0 Å². The number of hydrogen-bond donors (Lipinski definition) is 2. The molecular weight excluding hydrogens is 280 g/mol. The van der Waals surface area contributed by atoms with Crippen LogP contribution in [0.25, 0.3) is 0 Å². The Kier molecular flexibility index (Phi) is 5.39. The van der Waals surface area contributed by atoms with Gasteiger partial charge in [0.2, 0.25) is 0 Å². The van der Waals surface area contributed by atoms with E-state index in [9.17, 15) is 5.11 Å². The van der Waals surface area contributed by atoms with Gasteiger partial charge < -0.3 is 15.3 Å². The number of likely N-dealkylation sites (N-methyl/N-ethyl adjacent to an activating group) is 1. The van der Waals surface area contributed by atoms with Gasteiger partial charge in [-0.05, 0) is 51.0 Å². The number of phenolic OH excluding ortho intramolecular Hbond substituents is 1. The van der Waals surface area contributed by atoms with Gasteiger partial charge in [-0.3, -0.25) is 0 Å². The lowest BCUT2D eigenvalue weighted by molar-refractivity contribution is 0.285. The first-order valence-electron chi connectivity index (χ1n) is 7.21. The molecule has 0 radical (unpaired) electrons. The number of nitrogens with one attached hydrogen (secondary N) is 1. The molecule has 1 aromatic heterocycles. The van der Waals surface area contributed by atoms with Crippen LogP contribution in [0.15, 0.2) is 35.7 Å². The summed E-state index contributed by atoms with van der Waals surface area (Å²) >= 11 is 1.78. The maximum atomic E-state index is 10.1. The third-order valence-electron chi connectivity index (χ3n) is 3.76. The average Bonchev–Trinajstić information content (AvgIpc) is 2.92. The fourth-order valence-corrected chi connectivity index (χ4v) is 3.36. The lowest BCUT2D eigenvalue weighted by atomic mass is 10.0. The van der Waals surface area contributed by atoms with Crippen LogP contribution in [-0.4, -0.2) is 30.6 Å². The molecule has 0 bridgehead atoms. The van der Waals surface area contributed by atoms with Crippen molar-refractivity contribution < 1.29 is 5.11 Å². The molecular formula is C17H24N2OS. The molecule has 2 unspecified atom stereocenters. The number of rotatable bonds is 6. The second-order valence-electron chi connectivity index (χ2n) is 5.69. The zero-order valence-electron chi connectivity index (χ0n) is 13.1. The SMILES string of the molecule is Cc1ccc(C(C)NCC(c2cccs2)N(C)C)c(O)c1. The zero-order chi connectivity index (χ0) is 15.4. The zero-order valence-corrected chi connectivity index (χ0v) is 13.9. The minimum absolute atomic E-state index is 0.119. The molecule has 1 aromatic carbocycles. The summed E-state index contributed by atoms with van der Waals surface area (Å²) in [5.41, 5.74) is 2.03. The van der Waals surface area contributed by atoms with Gasteiger partial charge in [-0.25, -0.2) is 0 Å². The van der Waals surface area contributed by atoms with Gasteiger partial charge in [-0.2, -0.15) is 0 Å². The number of hydrogen-bond acceptors (Lipinski definition) is 4. The molecule has 21 heavy (non-hydrogen) atoms. The monoisotopic (exact) mass is 304 g/mol. The molecule has 2 atom stereocenters. The van der Waals surface area contributed by atoms with Crippen molar-refractivity contribution >= 4 is 11.3 Å². The largest absolute Gasteiger partial charge is 0.508 e. The molecule has 0 aliphatic carbocycles. The standard InChI is InChI=1S/C17H24N2OS/c1-12-7-8-14(16(20)10-12)13(2)18-11-15(19(3)4)17-6-5-9-21-17/h5-10,13,15,18,20H,11H2,1-4H3. The lowest BCUT2D eigenvalue weighted by Crippen LogP contribution is -2.32. The first-order chi connectivity index (χ1) is 9.99. The Labute approximate surface area is 131 Å². The summed E-state index contributed by atoms with van der Waals surface area (Å²) in [6.07, 6.45) is 0. The van der Waals surface area contributed by atoms with Crippen LogP contribution in [0.3, 0.4) is 0 Å². The van der Waals surface area contributed by atoms with Crippen molar-refractivity contribution in [3.8, 4) is 5.75 Å². The van der Waals surface area contributed by atoms with Crippen LogP contribution in [-0.2, 0) is 0 Å². The third-order valence-corrected chi connectivity index (χ3v) is 4.74. The molecule has 0 aliphatic heterocycles. The lowest BCUT2D eigenvalue weighted by Gasteiger charge is -2.26. The van der Waals surface area contributed by atoms with Gasteiger partial charge in [0.25, 0.3) is 0 Å². The number of benzene rings is 1. The molecule has 0 fully saturated rings. The smallest absolute Gasteiger partial charge is 0.120 e. The van der Waals surface area contributed by atoms with Crippen LogP contribution >= 0.6 is 11.3 Å². The van der Waals surface area contributed by atoms with Gasteiger partial charge in [0, 0.05) is 23.0 Å². The third kappa shape index (κ3) is 4.06. The van der Waals surface area contributed by atoms with Crippen LogP contribution in [0.4, 0.5) is 0 Å². The van der Waals surface area contributed by atoms with Crippen molar-refractivity contribution in [3.05, 3.63) is 51.7 Å². The van der Waals surface area contributed by atoms with E-state index in [-0.39, 0.29) is 6.04 Å². The van der Waals surface area contributed by atoms with Crippen molar-refractivity contribution in [3.63, 3.8) is 0 Å². The molecule has 1 heterocycles. The Hall–Kier alpha value is -1.36. The Balaban J connectivity index is 2.03. The van der Waals surface area contributed by atoms with Gasteiger partial charge in [0.05, 0.1) is 6.04 Å². The number of thiophene rings is 1. The molecule has 3 nitrogen and oxygen atoms in total. The first-order valence-corrected chi connectivity index (χ1v) is 8.09. The Morgan fingerprint density at radius 1 is 1.29 bits per heavy atom. The fraction of sp³-hybridized carbons (Fsp3) is 0.412. The quantitative estimate of drug-likeness (QED) is 0.854. The van der Waals surface area contributed by atoms with Crippen molar-refractivity contribution in [2.45, 2.75) is 25.9 Å². The molecule has 2 N–H and O–H groups in total. The van der Waals surface area contributed by atoms with E-state index in [4.69, 9.17) is 0 Å². The summed E-state index contributed by atoms with van der Waals surface area (Å²) in [5, 5.41) is 15.7. The van der Waals surface area contributed by atoms with Gasteiger partial charge in [0.1, 0.15) is 5.75 Å². The highest BCUT2D eigenvalue weighted by Gasteiger charge is 2.17. The predicted octanol–water partition coefficient (Wildman–Crippen LogP) is 3.72.